The number of aliphatic hydroxyl groups is 6. The second-order valence-electron chi connectivity index (χ2n) is 33.9. The van der Waals surface area contributed by atoms with Gasteiger partial charge in [0.05, 0.1) is 79.5 Å². The number of nitrogens with zero attached hydrogens (tertiary/aromatic N) is 1. The molecule has 0 aromatic heterocycles. The Labute approximate surface area is 730 Å². The summed E-state index contributed by atoms with van der Waals surface area (Å²) in [6.45, 7) is 8.91. The number of ketones is 3. The molecule has 31 nitrogen and oxygen atoms in total. The van der Waals surface area contributed by atoms with Crippen LogP contribution in [0.5, 0.6) is 46.0 Å². The quantitative estimate of drug-likeness (QED) is 0.0239. The molecule has 7 aromatic rings. The van der Waals surface area contributed by atoms with E-state index < -0.39 is 223 Å². The largest absolute Gasteiger partial charge is 0.508 e. The molecule has 18 atom stereocenters. The van der Waals surface area contributed by atoms with E-state index in [0.29, 0.717) is 18.0 Å². The van der Waals surface area contributed by atoms with E-state index in [9.17, 15) is 60.3 Å². The molecule has 3 fully saturated rings. The van der Waals surface area contributed by atoms with Crippen molar-refractivity contribution >= 4 is 81.7 Å². The van der Waals surface area contributed by atoms with Gasteiger partial charge in [0.2, 0.25) is 41.6 Å². The number of amides is 5. The molecule has 662 valence electrons. The summed E-state index contributed by atoms with van der Waals surface area (Å²) >= 11 is 20.7. The lowest BCUT2D eigenvalue weighted by Gasteiger charge is -2.48. The molecular formula is C90H104Cl3N8O23+. The van der Waals surface area contributed by atoms with Crippen molar-refractivity contribution < 1.29 is 117 Å². The van der Waals surface area contributed by atoms with Crippen LogP contribution in [-0.4, -0.2) is 211 Å². The molecule has 17 N–H and O–H groups in total. The first-order valence-corrected chi connectivity index (χ1v) is 42.5. The molecule has 0 aliphatic carbocycles. The second-order valence-corrected chi connectivity index (χ2v) is 35.1. The van der Waals surface area contributed by atoms with Crippen LogP contribution < -0.4 is 51.8 Å². The molecule has 3 saturated heterocycles. The van der Waals surface area contributed by atoms with Crippen molar-refractivity contribution in [3.63, 3.8) is 0 Å². The Kier molecular flexibility index (Phi) is 28.8. The Bertz CT molecular complexity index is 5160. The summed E-state index contributed by atoms with van der Waals surface area (Å²) in [6, 6.07) is 23.6. The molecule has 4 unspecified atom stereocenters. The van der Waals surface area contributed by atoms with Crippen molar-refractivity contribution in [1.29, 1.82) is 0 Å². The number of quaternary nitrogens is 1. The Balaban J connectivity index is 0.971. The number of phenolic OH excluding ortho intramolecular Hbond substituents is 3. The summed E-state index contributed by atoms with van der Waals surface area (Å²) in [4.78, 5) is 122. The molecule has 34 heteroatoms. The molecular weight excluding hydrogens is 1670 g/mol. The summed E-state index contributed by atoms with van der Waals surface area (Å²) in [5.41, 5.74) is 5.79. The third-order valence-electron chi connectivity index (χ3n) is 24.3. The summed E-state index contributed by atoms with van der Waals surface area (Å²) in [5, 5.41) is 125. The molecule has 0 spiro atoms. The van der Waals surface area contributed by atoms with Crippen molar-refractivity contribution in [1.82, 2.24) is 31.9 Å². The van der Waals surface area contributed by atoms with Gasteiger partial charge in [0.1, 0.15) is 77.1 Å². The predicted octanol–water partition coefficient (Wildman–Crippen LogP) is 7.99. The fraction of sp³-hybridized carbons (Fsp3) is 0.444. The molecule has 0 radical (unpaired) electrons. The Hall–Kier alpha value is -9.91. The van der Waals surface area contributed by atoms with Gasteiger partial charge >= 0.3 is 0 Å². The van der Waals surface area contributed by atoms with Gasteiger partial charge in [-0.3, -0.25) is 38.4 Å². The molecule has 5 amide bonds. The lowest BCUT2D eigenvalue weighted by molar-refractivity contribution is -0.897. The van der Waals surface area contributed by atoms with E-state index in [-0.39, 0.29) is 92.3 Å². The standard InChI is InChI=1S/C90H103Cl3N8O23/c1-43(2)28-61(95-5)87(117)100-77-65(107)32-52(35-72(94)109)85(115)98-75-51-33-69(120-67-22-17-49(30-59(67)92)78(110)58-39-63(105)55(38-66(75)108)48-16-21-62(104)56(29-48)74-57(36-54(103)37-64(74)106)76(99-86(58)116)88(118)96-24-9-27-101(6)25-7-8-26-101)82(70(34-51)121-68-23-18-50(79(77)111)31-60(68)93)124-89-83(81(113)80(112)71(42-102)122-89)123-73-40-90(4,84(114)44(3)119-73)97-41-45-10-12-46(13-11-45)47-14-19-53(91)20-15-47/h10-23,29-31,33-34,36-37,43-44,52,55,58,61,71,73,75-81,83-84,89,95,97,102,110-114H,7-9,24-28,32,35,38-42H2,1-6H3,(H8-,94,96,98,99,100,103,104,106,109,115,116,117,118)/p+1/t44-,52-,55-,58-,61+,71?,73-,75+,76-,77-,78+,79+,80?,81-,83+,84+,89?,90?/m0/s1. The zero-order valence-corrected chi connectivity index (χ0v) is 71.3. The molecule has 124 heavy (non-hydrogen) atoms. The van der Waals surface area contributed by atoms with Crippen LogP contribution in [0.3, 0.4) is 0 Å². The summed E-state index contributed by atoms with van der Waals surface area (Å²) in [6.07, 6.45) is -18.4. The molecule has 11 bridgehead atoms. The maximum absolute atomic E-state index is 16.6. The van der Waals surface area contributed by atoms with Crippen LogP contribution in [0.2, 0.25) is 15.1 Å². The number of halogens is 3. The van der Waals surface area contributed by atoms with Gasteiger partial charge in [0, 0.05) is 98.1 Å². The summed E-state index contributed by atoms with van der Waals surface area (Å²) < 4.78 is 40.7. The number of fused-ring (bicyclic) bond motifs is 15. The number of benzene rings is 7. The Morgan fingerprint density at radius 2 is 1.34 bits per heavy atom. The molecule has 0 saturated carbocycles. The van der Waals surface area contributed by atoms with E-state index in [2.05, 4.69) is 38.9 Å². The molecule has 8 aliphatic rings. The molecule has 8 aliphatic heterocycles. The topological polar surface area (TPSA) is 472 Å². The number of likely N-dealkylation sites (N-methyl/N-ethyl adjacent to an activating group) is 1. The Morgan fingerprint density at radius 1 is 0.702 bits per heavy atom. The number of ether oxygens (including phenoxy) is 6. The van der Waals surface area contributed by atoms with Crippen molar-refractivity contribution in [2.24, 2.45) is 23.5 Å². The van der Waals surface area contributed by atoms with Gasteiger partial charge in [-0.15, -0.1) is 0 Å². The third kappa shape index (κ3) is 20.6. The third-order valence-corrected chi connectivity index (χ3v) is 25.1. The fourth-order valence-electron chi connectivity index (χ4n) is 17.3. The van der Waals surface area contributed by atoms with E-state index in [1.165, 1.54) is 55.6 Å². The van der Waals surface area contributed by atoms with E-state index >= 15 is 24.0 Å². The fourth-order valence-corrected chi connectivity index (χ4v) is 17.9. The lowest BCUT2D eigenvalue weighted by atomic mass is 9.79. The first kappa shape index (κ1) is 91.8. The number of aliphatic hydroxyl groups excluding tert-OH is 6. The predicted molar refractivity (Wildman–Crippen MR) is 453 cm³/mol. The number of hydrogen-bond acceptors (Lipinski definition) is 25. The minimum Gasteiger partial charge on any atom is -0.508 e. The number of phenols is 3. The van der Waals surface area contributed by atoms with Crippen molar-refractivity contribution in [2.75, 3.05) is 46.9 Å². The van der Waals surface area contributed by atoms with Gasteiger partial charge in [0.15, 0.2) is 35.5 Å². The van der Waals surface area contributed by atoms with Gasteiger partial charge in [-0.2, -0.15) is 0 Å². The van der Waals surface area contributed by atoms with Gasteiger partial charge < -0.3 is 116 Å². The van der Waals surface area contributed by atoms with E-state index in [0.717, 1.165) is 77.4 Å². The average molecular weight is 1770 g/mol. The van der Waals surface area contributed by atoms with Gasteiger partial charge in [-0.1, -0.05) is 103 Å². The lowest BCUT2D eigenvalue weighted by Crippen LogP contribution is -2.65. The number of aromatic hydroxyl groups is 3. The number of carbonyl (C=O) groups excluding carboxylic acids is 8. The summed E-state index contributed by atoms with van der Waals surface area (Å²) in [7, 11) is 3.62. The van der Waals surface area contributed by atoms with Crippen LogP contribution in [0, 0.1) is 17.8 Å². The number of likely N-dealkylation sites (tertiary alicyclic amines) is 1. The minimum absolute atomic E-state index is 0.0783. The maximum atomic E-state index is 16.6. The number of rotatable bonds is 21. The van der Waals surface area contributed by atoms with Crippen molar-refractivity contribution in [2.45, 2.75) is 189 Å². The number of nitrogens with two attached hydrogens (primary N) is 1. The molecule has 7 aromatic carbocycles. The first-order chi connectivity index (χ1) is 59.0. The highest BCUT2D eigenvalue weighted by atomic mass is 35.5. The second kappa shape index (κ2) is 38.9. The Morgan fingerprint density at radius 3 is 1.96 bits per heavy atom. The smallest absolute Gasteiger partial charge is 0.247 e. The van der Waals surface area contributed by atoms with Crippen molar-refractivity contribution in [3.8, 4) is 68.2 Å². The van der Waals surface area contributed by atoms with Crippen molar-refractivity contribution in [3.05, 3.63) is 176 Å². The number of carbonyl (C=O) groups is 8. The highest BCUT2D eigenvalue weighted by Gasteiger charge is 2.53. The van der Waals surface area contributed by atoms with Crippen LogP contribution in [0.15, 0.2) is 127 Å². The number of Topliss-reactive ketones (excluding diaryl/α,β-unsaturated/α-hetero) is 3. The van der Waals surface area contributed by atoms with E-state index in [1.807, 2.05) is 50.2 Å². The molecule has 15 rings (SSSR count). The number of nitrogens with one attached hydrogen (secondary N) is 6. The van der Waals surface area contributed by atoms with Gasteiger partial charge in [-0.05, 0) is 144 Å². The monoisotopic (exact) mass is 1770 g/mol. The molecule has 8 heterocycles. The van der Waals surface area contributed by atoms with Crippen LogP contribution >= 0.6 is 34.8 Å². The highest BCUT2D eigenvalue weighted by molar-refractivity contribution is 6.32. The average Bonchev–Trinajstić information content (AvgIpc) is 0.775. The first-order valence-electron chi connectivity index (χ1n) is 41.3. The highest BCUT2D eigenvalue weighted by Crippen LogP contribution is 2.51. The number of primary amides is 1. The SMILES string of the molecule is CN[C@H](CC(C)C)C(=O)N[C@H]1C(=O)C[C@@H](CC(N)=O)C(=O)N[C@H]2C(=O)C[C@@H]3C(=O)C[C@H](C(=O)N[C@H](C(=O)NCCC[N+]4(C)CCCC4)c4cc(O)cc(O)c4-c4cc3ccc4O)[C@H](O)c3ccc(c(Cl)c3)Oc3cc2cc(c3OC2OC(CO)C(O)[C@H](O)[C@H]2O[C@H]2CC(C)(NCc3ccc(-c4ccc(Cl)cc4)cc3)[C@H](O)[C@H](C)O2)Oc2ccc(cc2Cl)[C@H]1O. The van der Waals surface area contributed by atoms with Crippen LogP contribution in [0.1, 0.15) is 149 Å². The van der Waals surface area contributed by atoms with Crippen LogP contribution in [0.4, 0.5) is 0 Å². The van der Waals surface area contributed by atoms with Gasteiger partial charge in [-0.25, -0.2) is 0 Å². The zero-order chi connectivity index (χ0) is 89.1. The number of hydrogen-bond donors (Lipinski definition) is 16. The summed E-state index contributed by atoms with van der Waals surface area (Å²) in [5.74, 6) is -18.1. The maximum Gasteiger partial charge on any atom is 0.247 e. The normalized spacial score (nSPS) is 27.4. The van der Waals surface area contributed by atoms with E-state index in [4.69, 9.17) is 69.0 Å². The zero-order valence-electron chi connectivity index (χ0n) is 69.0. The van der Waals surface area contributed by atoms with E-state index in [1.54, 1.807) is 26.0 Å². The van der Waals surface area contributed by atoms with Crippen LogP contribution in [-0.2, 0) is 59.1 Å². The van der Waals surface area contributed by atoms with Gasteiger partial charge in [0.25, 0.3) is 0 Å². The minimum atomic E-state index is -2.17. The van der Waals surface area contributed by atoms with Crippen LogP contribution in [0.25, 0.3) is 22.3 Å².